The van der Waals surface area contributed by atoms with E-state index in [4.69, 9.17) is 0 Å². The lowest BCUT2D eigenvalue weighted by atomic mass is 9.97. The maximum Gasteiger partial charge on any atom is 0.319 e. The molecule has 0 fully saturated rings. The normalized spacial score (nSPS) is 13.6. The number of anilines is 1. The average Bonchev–Trinajstić information content (AvgIpc) is 2.61. The number of nitrogens with one attached hydrogen (secondary N) is 3. The topological polar surface area (TPSA) is 70.2 Å². The smallest absolute Gasteiger partial charge is 0.319 e. The van der Waals surface area contributed by atoms with E-state index >= 15 is 0 Å². The largest absolute Gasteiger partial charge is 0.349 e. The van der Waals surface area contributed by atoms with Gasteiger partial charge in [-0.2, -0.15) is 0 Å². The number of allylic oxidation sites excluding steroid dienone is 1. The second-order valence-corrected chi connectivity index (χ2v) is 5.82. The second-order valence-electron chi connectivity index (χ2n) is 5.82. The first-order chi connectivity index (χ1) is 11.7. The van der Waals surface area contributed by atoms with Gasteiger partial charge >= 0.3 is 6.03 Å². The van der Waals surface area contributed by atoms with E-state index in [1.807, 2.05) is 0 Å². The lowest BCUT2D eigenvalue weighted by Gasteiger charge is -2.13. The minimum atomic E-state index is -0.227. The van der Waals surface area contributed by atoms with Gasteiger partial charge < -0.3 is 16.0 Å². The van der Waals surface area contributed by atoms with Crippen molar-refractivity contribution in [1.82, 2.24) is 10.6 Å². The Bertz CT molecular complexity index is 606. The molecule has 2 rings (SSSR count). The second kappa shape index (κ2) is 9.55. The van der Waals surface area contributed by atoms with Crippen LogP contribution in [0.15, 0.2) is 48.6 Å². The monoisotopic (exact) mass is 327 g/mol. The summed E-state index contributed by atoms with van der Waals surface area (Å²) < 4.78 is 0. The number of carbonyl (C=O) groups is 2. The summed E-state index contributed by atoms with van der Waals surface area (Å²) in [6.45, 7) is 4.62. The third-order valence-corrected chi connectivity index (χ3v) is 3.93. The van der Waals surface area contributed by atoms with E-state index in [2.05, 4.69) is 28.6 Å². The Labute approximate surface area is 143 Å². The van der Waals surface area contributed by atoms with Crippen LogP contribution in [0.25, 0.3) is 0 Å². The molecule has 128 valence electrons. The van der Waals surface area contributed by atoms with Crippen molar-refractivity contribution in [3.8, 4) is 0 Å². The van der Waals surface area contributed by atoms with Crippen LogP contribution in [-0.4, -0.2) is 25.0 Å². The van der Waals surface area contributed by atoms with Gasteiger partial charge in [-0.25, -0.2) is 4.79 Å². The zero-order chi connectivity index (χ0) is 17.2. The number of urea groups is 1. The highest BCUT2D eigenvalue weighted by molar-refractivity contribution is 5.95. The molecule has 5 nitrogen and oxygen atoms in total. The molecule has 1 aliphatic carbocycles. The molecule has 0 unspecified atom stereocenters. The number of benzene rings is 1. The Hall–Kier alpha value is -2.56. The molecular formula is C19H25N3O2. The average molecular weight is 327 g/mol. The van der Waals surface area contributed by atoms with Crippen molar-refractivity contribution in [1.29, 1.82) is 0 Å². The molecule has 0 saturated heterocycles. The summed E-state index contributed by atoms with van der Waals surface area (Å²) in [5.41, 5.74) is 2.65. The van der Waals surface area contributed by atoms with Gasteiger partial charge in [-0.1, -0.05) is 17.7 Å². The van der Waals surface area contributed by atoms with E-state index in [-0.39, 0.29) is 11.9 Å². The first kappa shape index (κ1) is 17.8. The lowest BCUT2D eigenvalue weighted by Crippen LogP contribution is -2.29. The predicted molar refractivity (Wildman–Crippen MR) is 97.2 cm³/mol. The highest BCUT2D eigenvalue weighted by Gasteiger charge is 2.07. The molecule has 0 aliphatic heterocycles. The standard InChI is InChI=1S/C19H25N3O2/c1-2-13-20-18(23)16-8-10-17(11-9-16)22-19(24)21-14-12-15-6-4-3-5-7-15/h2,6,8-11H,1,3-5,7,12-14H2,(H,20,23)(H2,21,22,24). The minimum absolute atomic E-state index is 0.161. The van der Waals surface area contributed by atoms with Crippen molar-refractivity contribution in [2.45, 2.75) is 32.1 Å². The van der Waals surface area contributed by atoms with Gasteiger partial charge in [0.05, 0.1) is 0 Å². The van der Waals surface area contributed by atoms with Crippen LogP contribution in [-0.2, 0) is 0 Å². The molecular weight excluding hydrogens is 302 g/mol. The van der Waals surface area contributed by atoms with Crippen LogP contribution in [0.1, 0.15) is 42.5 Å². The molecule has 0 aromatic heterocycles. The fraction of sp³-hybridized carbons (Fsp3) is 0.368. The highest BCUT2D eigenvalue weighted by atomic mass is 16.2. The molecule has 1 aliphatic rings. The summed E-state index contributed by atoms with van der Waals surface area (Å²) in [4.78, 5) is 23.6. The number of rotatable bonds is 7. The molecule has 3 amide bonds. The van der Waals surface area contributed by atoms with Crippen molar-refractivity contribution in [2.75, 3.05) is 18.4 Å². The quantitative estimate of drug-likeness (QED) is 0.670. The van der Waals surface area contributed by atoms with E-state index in [1.54, 1.807) is 30.3 Å². The molecule has 24 heavy (non-hydrogen) atoms. The van der Waals surface area contributed by atoms with E-state index in [0.717, 1.165) is 19.3 Å². The van der Waals surface area contributed by atoms with Gasteiger partial charge in [-0.3, -0.25) is 4.79 Å². The van der Waals surface area contributed by atoms with Gasteiger partial charge in [0.25, 0.3) is 5.91 Å². The molecule has 0 spiro atoms. The predicted octanol–water partition coefficient (Wildman–Crippen LogP) is 3.61. The van der Waals surface area contributed by atoms with Crippen LogP contribution < -0.4 is 16.0 Å². The van der Waals surface area contributed by atoms with Crippen LogP contribution >= 0.6 is 0 Å². The number of hydrogen-bond acceptors (Lipinski definition) is 2. The third-order valence-electron chi connectivity index (χ3n) is 3.93. The molecule has 5 heteroatoms. The summed E-state index contributed by atoms with van der Waals surface area (Å²) in [5.74, 6) is -0.161. The van der Waals surface area contributed by atoms with Gasteiger partial charge in [0.15, 0.2) is 0 Å². The van der Waals surface area contributed by atoms with Crippen LogP contribution in [0.2, 0.25) is 0 Å². The van der Waals surface area contributed by atoms with Crippen LogP contribution in [0, 0.1) is 0 Å². The maximum absolute atomic E-state index is 11.9. The van der Waals surface area contributed by atoms with E-state index in [9.17, 15) is 9.59 Å². The van der Waals surface area contributed by atoms with E-state index in [1.165, 1.54) is 18.4 Å². The summed E-state index contributed by atoms with van der Waals surface area (Å²) in [5, 5.41) is 8.34. The molecule has 1 aromatic carbocycles. The van der Waals surface area contributed by atoms with E-state index in [0.29, 0.717) is 24.3 Å². The third kappa shape index (κ3) is 5.91. The first-order valence-electron chi connectivity index (χ1n) is 8.41. The van der Waals surface area contributed by atoms with Crippen molar-refractivity contribution in [3.05, 3.63) is 54.1 Å². The summed E-state index contributed by atoms with van der Waals surface area (Å²) >= 11 is 0. The van der Waals surface area contributed by atoms with Crippen molar-refractivity contribution >= 4 is 17.6 Å². The zero-order valence-electron chi connectivity index (χ0n) is 13.9. The van der Waals surface area contributed by atoms with Crippen molar-refractivity contribution < 1.29 is 9.59 Å². The van der Waals surface area contributed by atoms with Gasteiger partial charge in [0, 0.05) is 24.3 Å². The lowest BCUT2D eigenvalue weighted by molar-refractivity contribution is 0.0958. The Morgan fingerprint density at radius 1 is 1.12 bits per heavy atom. The molecule has 0 atom stereocenters. The first-order valence-corrected chi connectivity index (χ1v) is 8.41. The molecule has 0 radical (unpaired) electrons. The highest BCUT2D eigenvalue weighted by Crippen LogP contribution is 2.19. The Morgan fingerprint density at radius 3 is 2.58 bits per heavy atom. The summed E-state index contributed by atoms with van der Waals surface area (Å²) in [7, 11) is 0. The fourth-order valence-corrected chi connectivity index (χ4v) is 2.62. The summed E-state index contributed by atoms with van der Waals surface area (Å²) in [6.07, 6.45) is 9.67. The molecule has 3 N–H and O–H groups in total. The van der Waals surface area contributed by atoms with Crippen LogP contribution in [0.3, 0.4) is 0 Å². The van der Waals surface area contributed by atoms with Gasteiger partial charge in [-0.05, 0) is 56.4 Å². The molecule has 0 saturated carbocycles. The number of carbonyl (C=O) groups excluding carboxylic acids is 2. The van der Waals surface area contributed by atoms with Crippen LogP contribution in [0.4, 0.5) is 10.5 Å². The Balaban J connectivity index is 1.74. The maximum atomic E-state index is 11.9. The SMILES string of the molecule is C=CCNC(=O)c1ccc(NC(=O)NCCC2=CCCCC2)cc1. The van der Waals surface area contributed by atoms with Gasteiger partial charge in [-0.15, -0.1) is 6.58 Å². The number of hydrogen-bond donors (Lipinski definition) is 3. The Morgan fingerprint density at radius 2 is 1.92 bits per heavy atom. The number of amides is 3. The molecule has 1 aromatic rings. The van der Waals surface area contributed by atoms with Crippen molar-refractivity contribution in [3.63, 3.8) is 0 Å². The van der Waals surface area contributed by atoms with Crippen molar-refractivity contribution in [2.24, 2.45) is 0 Å². The van der Waals surface area contributed by atoms with E-state index < -0.39 is 0 Å². The summed E-state index contributed by atoms with van der Waals surface area (Å²) in [6, 6.07) is 6.56. The van der Waals surface area contributed by atoms with Gasteiger partial charge in [0.2, 0.25) is 0 Å². The molecule has 0 bridgehead atoms. The minimum Gasteiger partial charge on any atom is -0.349 e. The Kier molecular flexibility index (Phi) is 7.08. The fourth-order valence-electron chi connectivity index (χ4n) is 2.62. The van der Waals surface area contributed by atoms with Crippen LogP contribution in [0.5, 0.6) is 0 Å². The zero-order valence-corrected chi connectivity index (χ0v) is 13.9. The molecule has 0 heterocycles. The van der Waals surface area contributed by atoms with Gasteiger partial charge in [0.1, 0.15) is 0 Å².